The molecule has 0 fully saturated rings. The maximum atomic E-state index is 10.9. The highest BCUT2D eigenvalue weighted by atomic mass is 16.4. The van der Waals surface area contributed by atoms with Gasteiger partial charge in [0.15, 0.2) is 0 Å². The van der Waals surface area contributed by atoms with Crippen LogP contribution >= 0.6 is 0 Å². The number of hydrogen-bond acceptors (Lipinski definition) is 2. The number of carbonyl (C=O) groups is 1. The topological polar surface area (TPSA) is 45.5 Å². The monoisotopic (exact) mass is 238 g/mol. The third kappa shape index (κ3) is 4.23. The van der Waals surface area contributed by atoms with Gasteiger partial charge in [-0.2, -0.15) is 0 Å². The molecule has 0 unspecified atom stereocenters. The Labute approximate surface area is 103 Å². The average molecular weight is 238 g/mol. The van der Waals surface area contributed by atoms with Crippen molar-refractivity contribution in [3.63, 3.8) is 0 Å². The number of carboxylic acid groups (broad SMARTS) is 1. The number of hydrogen-bond donors (Lipinski definition) is 1. The first kappa shape index (κ1) is 13.8. The largest absolute Gasteiger partial charge is 0.477 e. The first-order valence-corrected chi connectivity index (χ1v) is 6.11. The Morgan fingerprint density at radius 3 is 2.76 bits per heavy atom. The first-order valence-electron chi connectivity index (χ1n) is 6.11. The van der Waals surface area contributed by atoms with Crippen molar-refractivity contribution < 1.29 is 9.90 Å². The lowest BCUT2D eigenvalue weighted by Gasteiger charge is -2.20. The molecule has 0 aliphatic rings. The molecule has 1 aromatic rings. The molecule has 0 radical (unpaired) electrons. The molecule has 0 saturated heterocycles. The van der Waals surface area contributed by atoms with Crippen LogP contribution in [0.2, 0.25) is 0 Å². The number of rotatable bonds is 7. The number of aromatic carboxylic acids is 1. The maximum Gasteiger partial charge on any atom is 0.352 e. The van der Waals surface area contributed by atoms with E-state index >= 15 is 0 Å². The van der Waals surface area contributed by atoms with Crippen LogP contribution in [0, 0.1) is 0 Å². The number of unbranched alkanes of at least 4 members (excludes halogenated alkanes) is 1. The van der Waals surface area contributed by atoms with Gasteiger partial charge >= 0.3 is 5.97 Å². The van der Waals surface area contributed by atoms with E-state index in [9.17, 15) is 4.79 Å². The third-order valence-corrected chi connectivity index (χ3v) is 3.09. The van der Waals surface area contributed by atoms with Gasteiger partial charge in [0, 0.05) is 18.8 Å². The molecular formula is C13H22N2O2. The van der Waals surface area contributed by atoms with Gasteiger partial charge in [-0.3, -0.25) is 0 Å². The smallest absolute Gasteiger partial charge is 0.352 e. The van der Waals surface area contributed by atoms with Gasteiger partial charge in [0.2, 0.25) is 0 Å². The lowest BCUT2D eigenvalue weighted by atomic mass is 10.2. The Bertz CT molecular complexity index is 358. The second-order valence-corrected chi connectivity index (χ2v) is 4.67. The van der Waals surface area contributed by atoms with Gasteiger partial charge in [-0.15, -0.1) is 0 Å². The summed E-state index contributed by atoms with van der Waals surface area (Å²) in [6.07, 6.45) is 3.92. The van der Waals surface area contributed by atoms with E-state index in [0.29, 0.717) is 11.7 Å². The highest BCUT2D eigenvalue weighted by molar-refractivity contribution is 5.85. The molecule has 4 nitrogen and oxygen atoms in total. The summed E-state index contributed by atoms with van der Waals surface area (Å²) in [7, 11) is 2.11. The van der Waals surface area contributed by atoms with Gasteiger partial charge < -0.3 is 14.6 Å². The van der Waals surface area contributed by atoms with Crippen molar-refractivity contribution >= 4 is 5.97 Å². The maximum absolute atomic E-state index is 10.9. The van der Waals surface area contributed by atoms with E-state index in [1.807, 2.05) is 6.20 Å². The standard InChI is InChI=1S/C13H22N2O2/c1-11(2)14(3)8-4-5-9-15-10-6-7-12(15)13(16)17/h6-7,10-11H,4-5,8-9H2,1-3H3,(H,16,17). The molecule has 96 valence electrons. The number of aromatic nitrogens is 1. The van der Waals surface area contributed by atoms with E-state index in [-0.39, 0.29) is 0 Å². The summed E-state index contributed by atoms with van der Waals surface area (Å²) in [4.78, 5) is 13.2. The zero-order chi connectivity index (χ0) is 12.8. The van der Waals surface area contributed by atoms with Crippen molar-refractivity contribution in [3.05, 3.63) is 24.0 Å². The van der Waals surface area contributed by atoms with Crippen LogP contribution in [-0.4, -0.2) is 40.2 Å². The lowest BCUT2D eigenvalue weighted by molar-refractivity contribution is 0.0685. The number of aryl methyl sites for hydroxylation is 1. The molecule has 0 aliphatic carbocycles. The number of nitrogens with zero attached hydrogens (tertiary/aromatic N) is 2. The fourth-order valence-corrected chi connectivity index (χ4v) is 1.70. The Morgan fingerprint density at radius 2 is 2.18 bits per heavy atom. The summed E-state index contributed by atoms with van der Waals surface area (Å²) in [5.41, 5.74) is 0.377. The molecule has 0 aromatic carbocycles. The minimum Gasteiger partial charge on any atom is -0.477 e. The van der Waals surface area contributed by atoms with Gasteiger partial charge in [0.05, 0.1) is 0 Å². The highest BCUT2D eigenvalue weighted by Gasteiger charge is 2.08. The molecule has 0 aliphatic heterocycles. The van der Waals surface area contributed by atoms with E-state index in [4.69, 9.17) is 5.11 Å². The fraction of sp³-hybridized carbons (Fsp3) is 0.615. The van der Waals surface area contributed by atoms with E-state index in [0.717, 1.165) is 25.9 Å². The van der Waals surface area contributed by atoms with Gasteiger partial charge in [0.1, 0.15) is 5.69 Å². The van der Waals surface area contributed by atoms with Crippen molar-refractivity contribution in [3.8, 4) is 0 Å². The zero-order valence-corrected chi connectivity index (χ0v) is 10.9. The molecular weight excluding hydrogens is 216 g/mol. The molecule has 0 atom stereocenters. The molecule has 17 heavy (non-hydrogen) atoms. The molecule has 1 heterocycles. The SMILES string of the molecule is CC(C)N(C)CCCCn1cccc1C(=O)O. The molecule has 1 N–H and O–H groups in total. The zero-order valence-electron chi connectivity index (χ0n) is 10.9. The van der Waals surface area contributed by atoms with Crippen molar-refractivity contribution in [1.29, 1.82) is 0 Å². The van der Waals surface area contributed by atoms with Crippen LogP contribution in [0.1, 0.15) is 37.2 Å². The highest BCUT2D eigenvalue weighted by Crippen LogP contribution is 2.05. The van der Waals surface area contributed by atoms with E-state index < -0.39 is 5.97 Å². The van der Waals surface area contributed by atoms with Crippen molar-refractivity contribution in [2.75, 3.05) is 13.6 Å². The third-order valence-electron chi connectivity index (χ3n) is 3.09. The summed E-state index contributed by atoms with van der Waals surface area (Å²) >= 11 is 0. The number of carboxylic acids is 1. The lowest BCUT2D eigenvalue weighted by Crippen LogP contribution is -2.27. The molecule has 1 aromatic heterocycles. The predicted molar refractivity (Wildman–Crippen MR) is 68.4 cm³/mol. The quantitative estimate of drug-likeness (QED) is 0.741. The van der Waals surface area contributed by atoms with Crippen molar-refractivity contribution in [2.24, 2.45) is 0 Å². The Kier molecular flexibility index (Phi) is 5.22. The van der Waals surface area contributed by atoms with Crippen LogP contribution in [0.4, 0.5) is 0 Å². The van der Waals surface area contributed by atoms with Crippen LogP contribution < -0.4 is 0 Å². The molecule has 0 spiro atoms. The minimum atomic E-state index is -0.853. The van der Waals surface area contributed by atoms with Crippen LogP contribution in [0.5, 0.6) is 0 Å². The minimum absolute atomic E-state index is 0.377. The Balaban J connectivity index is 2.31. The van der Waals surface area contributed by atoms with Gasteiger partial charge in [0.25, 0.3) is 0 Å². The van der Waals surface area contributed by atoms with Crippen LogP contribution in [0.15, 0.2) is 18.3 Å². The van der Waals surface area contributed by atoms with Gasteiger partial charge in [-0.25, -0.2) is 4.79 Å². The predicted octanol–water partition coefficient (Wildman–Crippen LogP) is 2.31. The average Bonchev–Trinajstić information content (AvgIpc) is 2.72. The molecule has 4 heteroatoms. The second-order valence-electron chi connectivity index (χ2n) is 4.67. The van der Waals surface area contributed by atoms with Gasteiger partial charge in [-0.05, 0) is 52.4 Å². The van der Waals surface area contributed by atoms with Crippen LogP contribution in [0.3, 0.4) is 0 Å². The fourth-order valence-electron chi connectivity index (χ4n) is 1.70. The Hall–Kier alpha value is -1.29. The first-order chi connectivity index (χ1) is 8.02. The van der Waals surface area contributed by atoms with E-state index in [1.54, 1.807) is 16.7 Å². The summed E-state index contributed by atoms with van der Waals surface area (Å²) in [5, 5.41) is 8.94. The van der Waals surface area contributed by atoms with Gasteiger partial charge in [-0.1, -0.05) is 0 Å². The summed E-state index contributed by atoms with van der Waals surface area (Å²) in [6.45, 7) is 6.19. The molecule has 0 amide bonds. The second kappa shape index (κ2) is 6.45. The Morgan fingerprint density at radius 1 is 1.47 bits per heavy atom. The molecule has 0 saturated carbocycles. The van der Waals surface area contributed by atoms with Crippen LogP contribution in [-0.2, 0) is 6.54 Å². The van der Waals surface area contributed by atoms with Crippen molar-refractivity contribution in [2.45, 2.75) is 39.3 Å². The summed E-state index contributed by atoms with van der Waals surface area (Å²) in [5.74, 6) is -0.853. The van der Waals surface area contributed by atoms with E-state index in [2.05, 4.69) is 25.8 Å². The van der Waals surface area contributed by atoms with E-state index in [1.165, 1.54) is 0 Å². The summed E-state index contributed by atoms with van der Waals surface area (Å²) < 4.78 is 1.80. The molecule has 0 bridgehead atoms. The summed E-state index contributed by atoms with van der Waals surface area (Å²) in [6, 6.07) is 3.99. The molecule has 1 rings (SSSR count). The van der Waals surface area contributed by atoms with Crippen molar-refractivity contribution in [1.82, 2.24) is 9.47 Å². The normalized spacial score (nSPS) is 11.4. The van der Waals surface area contributed by atoms with Crippen LogP contribution in [0.25, 0.3) is 0 Å².